The lowest BCUT2D eigenvalue weighted by Crippen LogP contribution is -2.27. The fraction of sp³-hybridized carbons (Fsp3) is 0.571. The number of rotatable bonds is 4. The van der Waals surface area contributed by atoms with Gasteiger partial charge in [0.15, 0.2) is 0 Å². The van der Waals surface area contributed by atoms with E-state index < -0.39 is 0 Å². The smallest absolute Gasteiger partial charge is 0.123 e. The summed E-state index contributed by atoms with van der Waals surface area (Å²) in [5.41, 5.74) is 6.92. The Bertz CT molecular complexity index is 424. The second-order valence-corrected chi connectivity index (χ2v) is 5.46. The summed E-state index contributed by atoms with van der Waals surface area (Å²) >= 11 is 0. The number of ether oxygens (including phenoxy) is 1. The second-order valence-electron chi connectivity index (χ2n) is 5.46. The Balaban J connectivity index is 1.79. The number of nitrogens with two attached hydrogens (primary N) is 1. The summed E-state index contributed by atoms with van der Waals surface area (Å²) in [5.74, 6) is 0.623. The maximum atomic E-state index is 13.3. The van der Waals surface area contributed by atoms with E-state index in [1.54, 1.807) is 12.1 Å². The molecule has 17 heavy (non-hydrogen) atoms. The molecule has 0 spiro atoms. The van der Waals surface area contributed by atoms with Gasteiger partial charge in [-0.2, -0.15) is 0 Å². The molecular formula is C14H18FNO. The molecule has 2 nitrogen and oxygen atoms in total. The summed E-state index contributed by atoms with van der Waals surface area (Å²) in [5, 5.41) is 0. The van der Waals surface area contributed by atoms with E-state index in [1.807, 2.05) is 0 Å². The van der Waals surface area contributed by atoms with E-state index in [2.05, 4.69) is 0 Å². The zero-order chi connectivity index (χ0) is 11.9. The van der Waals surface area contributed by atoms with Crippen molar-refractivity contribution in [3.8, 4) is 5.75 Å². The number of hydrogen-bond donors (Lipinski definition) is 1. The van der Waals surface area contributed by atoms with Gasteiger partial charge in [0.1, 0.15) is 11.6 Å². The highest BCUT2D eigenvalue weighted by Crippen LogP contribution is 2.38. The molecule has 0 heterocycles. The maximum absolute atomic E-state index is 13.3. The molecule has 1 aromatic rings. The Hall–Kier alpha value is -1.09. The van der Waals surface area contributed by atoms with E-state index in [0.29, 0.717) is 6.10 Å². The third kappa shape index (κ3) is 2.44. The van der Waals surface area contributed by atoms with E-state index in [1.165, 1.54) is 12.5 Å². The van der Waals surface area contributed by atoms with Crippen molar-refractivity contribution in [1.29, 1.82) is 0 Å². The van der Waals surface area contributed by atoms with Gasteiger partial charge < -0.3 is 10.5 Å². The Morgan fingerprint density at radius 2 is 2.12 bits per heavy atom. The number of benzene rings is 1. The van der Waals surface area contributed by atoms with Crippen molar-refractivity contribution in [2.75, 3.05) is 0 Å². The zero-order valence-electron chi connectivity index (χ0n) is 9.92. The van der Waals surface area contributed by atoms with Gasteiger partial charge in [0, 0.05) is 5.54 Å². The lowest BCUT2D eigenvalue weighted by atomic mass is 9.96. The molecule has 1 aromatic carbocycles. The van der Waals surface area contributed by atoms with Gasteiger partial charge in [-0.15, -0.1) is 0 Å². The molecule has 2 N–H and O–H groups in total. The first-order valence-corrected chi connectivity index (χ1v) is 6.39. The normalized spacial score (nSPS) is 22.0. The minimum atomic E-state index is -0.204. The molecule has 92 valence electrons. The standard InChI is InChI=1S/C14H18FNO/c15-11-4-5-13(17-12-2-1-3-12)10(8-11)9-14(16)6-7-14/h4-5,8,12H,1-3,6-7,9,16H2. The van der Waals surface area contributed by atoms with Gasteiger partial charge in [-0.1, -0.05) is 0 Å². The molecule has 2 fully saturated rings. The Kier molecular flexibility index (Phi) is 2.58. The van der Waals surface area contributed by atoms with E-state index >= 15 is 0 Å². The topological polar surface area (TPSA) is 35.2 Å². The van der Waals surface area contributed by atoms with Crippen molar-refractivity contribution < 1.29 is 9.13 Å². The van der Waals surface area contributed by atoms with Gasteiger partial charge in [-0.05, 0) is 62.3 Å². The van der Waals surface area contributed by atoms with Gasteiger partial charge in [0.05, 0.1) is 6.10 Å². The molecule has 2 aliphatic carbocycles. The lowest BCUT2D eigenvalue weighted by Gasteiger charge is -2.28. The molecular weight excluding hydrogens is 217 g/mol. The highest BCUT2D eigenvalue weighted by atomic mass is 19.1. The SMILES string of the molecule is NC1(Cc2cc(F)ccc2OC2CCC2)CC1. The first kappa shape index (κ1) is 11.0. The van der Waals surface area contributed by atoms with Crippen molar-refractivity contribution in [3.05, 3.63) is 29.6 Å². The summed E-state index contributed by atoms with van der Waals surface area (Å²) in [4.78, 5) is 0. The minimum absolute atomic E-state index is 0.106. The van der Waals surface area contributed by atoms with Gasteiger partial charge in [0.25, 0.3) is 0 Å². The second kappa shape index (κ2) is 3.98. The van der Waals surface area contributed by atoms with Crippen LogP contribution in [0.1, 0.15) is 37.7 Å². The molecule has 2 aliphatic rings. The summed E-state index contributed by atoms with van der Waals surface area (Å²) in [6, 6.07) is 4.78. The van der Waals surface area contributed by atoms with Crippen LogP contribution in [0.2, 0.25) is 0 Å². The van der Waals surface area contributed by atoms with Crippen molar-refractivity contribution in [1.82, 2.24) is 0 Å². The van der Waals surface area contributed by atoms with Gasteiger partial charge >= 0.3 is 0 Å². The molecule has 0 amide bonds. The predicted octanol–water partition coefficient (Wildman–Crippen LogP) is 2.79. The maximum Gasteiger partial charge on any atom is 0.123 e. The largest absolute Gasteiger partial charge is 0.490 e. The summed E-state index contributed by atoms with van der Waals surface area (Å²) in [7, 11) is 0. The molecule has 0 aliphatic heterocycles. The average molecular weight is 235 g/mol. The van der Waals surface area contributed by atoms with Crippen LogP contribution in [-0.4, -0.2) is 11.6 Å². The lowest BCUT2D eigenvalue weighted by molar-refractivity contribution is 0.118. The van der Waals surface area contributed by atoms with Gasteiger partial charge in [0.2, 0.25) is 0 Å². The van der Waals surface area contributed by atoms with Crippen LogP contribution in [0.5, 0.6) is 5.75 Å². The first-order valence-electron chi connectivity index (χ1n) is 6.39. The van der Waals surface area contributed by atoms with Crippen molar-refractivity contribution in [3.63, 3.8) is 0 Å². The average Bonchev–Trinajstić information content (AvgIpc) is 2.92. The number of hydrogen-bond acceptors (Lipinski definition) is 2. The van der Waals surface area contributed by atoms with E-state index in [4.69, 9.17) is 10.5 Å². The Morgan fingerprint density at radius 3 is 2.71 bits per heavy atom. The highest BCUT2D eigenvalue weighted by Gasteiger charge is 2.39. The fourth-order valence-corrected chi connectivity index (χ4v) is 2.19. The van der Waals surface area contributed by atoms with Crippen LogP contribution in [0.4, 0.5) is 4.39 Å². The Morgan fingerprint density at radius 1 is 1.35 bits per heavy atom. The van der Waals surface area contributed by atoms with Gasteiger partial charge in [-0.25, -0.2) is 4.39 Å². The fourth-order valence-electron chi connectivity index (χ4n) is 2.19. The minimum Gasteiger partial charge on any atom is -0.490 e. The van der Waals surface area contributed by atoms with Crippen molar-refractivity contribution in [2.24, 2.45) is 5.73 Å². The summed E-state index contributed by atoms with van der Waals surface area (Å²) in [6.07, 6.45) is 6.59. The molecule has 3 rings (SSSR count). The van der Waals surface area contributed by atoms with E-state index in [-0.39, 0.29) is 11.4 Å². The molecule has 0 unspecified atom stereocenters. The molecule has 0 radical (unpaired) electrons. The monoisotopic (exact) mass is 235 g/mol. The Labute approximate surface area is 101 Å². The van der Waals surface area contributed by atoms with Crippen LogP contribution in [0.15, 0.2) is 18.2 Å². The highest BCUT2D eigenvalue weighted by molar-refractivity contribution is 5.36. The molecule has 0 aromatic heterocycles. The van der Waals surface area contributed by atoms with Gasteiger partial charge in [-0.3, -0.25) is 0 Å². The molecule has 3 heteroatoms. The third-order valence-corrected chi connectivity index (χ3v) is 3.80. The number of halogens is 1. The van der Waals surface area contributed by atoms with E-state index in [9.17, 15) is 4.39 Å². The van der Waals surface area contributed by atoms with Crippen molar-refractivity contribution in [2.45, 2.75) is 50.2 Å². The summed E-state index contributed by atoms with van der Waals surface area (Å²) < 4.78 is 19.2. The van der Waals surface area contributed by atoms with Crippen LogP contribution < -0.4 is 10.5 Å². The zero-order valence-corrected chi connectivity index (χ0v) is 9.92. The predicted molar refractivity (Wildman–Crippen MR) is 64.5 cm³/mol. The van der Waals surface area contributed by atoms with Crippen LogP contribution in [0, 0.1) is 5.82 Å². The molecule has 0 bridgehead atoms. The van der Waals surface area contributed by atoms with Crippen LogP contribution in [-0.2, 0) is 6.42 Å². The molecule has 2 saturated carbocycles. The molecule has 0 saturated heterocycles. The van der Waals surface area contributed by atoms with Crippen molar-refractivity contribution >= 4 is 0 Å². The first-order chi connectivity index (χ1) is 8.15. The van der Waals surface area contributed by atoms with Crippen LogP contribution in [0.3, 0.4) is 0 Å². The van der Waals surface area contributed by atoms with E-state index in [0.717, 1.165) is 43.4 Å². The summed E-state index contributed by atoms with van der Waals surface area (Å²) in [6.45, 7) is 0. The van der Waals surface area contributed by atoms with Crippen LogP contribution in [0.25, 0.3) is 0 Å². The molecule has 0 atom stereocenters. The third-order valence-electron chi connectivity index (χ3n) is 3.80. The van der Waals surface area contributed by atoms with Crippen LogP contribution >= 0.6 is 0 Å². The quantitative estimate of drug-likeness (QED) is 0.871.